The topological polar surface area (TPSA) is 91.4 Å². The summed E-state index contributed by atoms with van der Waals surface area (Å²) in [4.78, 5) is 44.2. The number of ether oxygens (including phenoxy) is 2. The van der Waals surface area contributed by atoms with E-state index < -0.39 is 17.7 Å². The highest BCUT2D eigenvalue weighted by Crippen LogP contribution is 2.23. The van der Waals surface area contributed by atoms with E-state index >= 15 is 0 Å². The highest BCUT2D eigenvalue weighted by atomic mass is 16.6. The van der Waals surface area contributed by atoms with Gasteiger partial charge in [0.2, 0.25) is 5.91 Å². The van der Waals surface area contributed by atoms with Crippen LogP contribution in [0.15, 0.2) is 60.7 Å². The molecule has 2 saturated heterocycles. The molecule has 0 aromatic heterocycles. The number of hydrogen-bond donors (Lipinski definition) is 1. The van der Waals surface area contributed by atoms with Crippen molar-refractivity contribution in [3.8, 4) is 0 Å². The number of carbonyl (C=O) groups is 3. The van der Waals surface area contributed by atoms with Crippen molar-refractivity contribution in [1.82, 2.24) is 15.1 Å². The van der Waals surface area contributed by atoms with Crippen molar-refractivity contribution in [1.29, 1.82) is 0 Å². The van der Waals surface area contributed by atoms with E-state index in [0.717, 1.165) is 11.3 Å². The predicted molar refractivity (Wildman–Crippen MR) is 145 cm³/mol. The molecule has 2 fully saturated rings. The van der Waals surface area contributed by atoms with Crippen LogP contribution in [-0.2, 0) is 20.9 Å². The van der Waals surface area contributed by atoms with E-state index in [-0.39, 0.29) is 31.2 Å². The van der Waals surface area contributed by atoms with Crippen LogP contribution >= 0.6 is 0 Å². The molecule has 0 unspecified atom stereocenters. The van der Waals surface area contributed by atoms with Gasteiger partial charge in [0.15, 0.2) is 0 Å². The largest absolute Gasteiger partial charge is 0.445 e. The summed E-state index contributed by atoms with van der Waals surface area (Å²) in [6, 6.07) is 18.7. The fourth-order valence-electron chi connectivity index (χ4n) is 4.74. The van der Waals surface area contributed by atoms with Crippen molar-refractivity contribution in [2.24, 2.45) is 0 Å². The normalized spacial score (nSPS) is 18.6. The molecule has 9 nitrogen and oxygen atoms in total. The molecule has 0 radical (unpaired) electrons. The molecule has 2 aliphatic heterocycles. The van der Waals surface area contributed by atoms with Crippen LogP contribution in [0.3, 0.4) is 0 Å². The average Bonchev–Trinajstić information content (AvgIpc) is 2.92. The van der Waals surface area contributed by atoms with Crippen molar-refractivity contribution < 1.29 is 23.9 Å². The molecule has 2 aromatic carbocycles. The summed E-state index contributed by atoms with van der Waals surface area (Å²) < 4.78 is 11.0. The van der Waals surface area contributed by atoms with Gasteiger partial charge in [-0.2, -0.15) is 0 Å². The second-order valence-electron chi connectivity index (χ2n) is 10.8. The molecule has 2 aliphatic rings. The zero-order valence-electron chi connectivity index (χ0n) is 22.5. The quantitative estimate of drug-likeness (QED) is 0.638. The van der Waals surface area contributed by atoms with Crippen LogP contribution in [-0.4, -0.2) is 78.3 Å². The van der Waals surface area contributed by atoms with Crippen molar-refractivity contribution in [3.63, 3.8) is 0 Å². The fourth-order valence-corrected chi connectivity index (χ4v) is 4.74. The molecule has 0 saturated carbocycles. The number of piperazine rings is 1. The number of hydrogen-bond acceptors (Lipinski definition) is 6. The van der Waals surface area contributed by atoms with Gasteiger partial charge < -0.3 is 29.5 Å². The van der Waals surface area contributed by atoms with Crippen LogP contribution in [0.25, 0.3) is 0 Å². The minimum atomic E-state index is -0.610. The summed E-state index contributed by atoms with van der Waals surface area (Å²) >= 11 is 0. The maximum absolute atomic E-state index is 13.5. The van der Waals surface area contributed by atoms with Gasteiger partial charge in [0, 0.05) is 37.9 Å². The van der Waals surface area contributed by atoms with E-state index in [0.29, 0.717) is 39.0 Å². The van der Waals surface area contributed by atoms with Crippen molar-refractivity contribution in [2.75, 3.05) is 37.6 Å². The molecule has 1 atom stereocenters. The number of amides is 3. The zero-order chi connectivity index (χ0) is 27.1. The number of para-hydroxylation sites is 1. The minimum Gasteiger partial charge on any atom is -0.445 e. The third-order valence-electron chi connectivity index (χ3n) is 6.73. The van der Waals surface area contributed by atoms with Gasteiger partial charge in [0.05, 0.1) is 6.54 Å². The Morgan fingerprint density at radius 3 is 2.11 bits per heavy atom. The maximum Gasteiger partial charge on any atom is 0.410 e. The van der Waals surface area contributed by atoms with Gasteiger partial charge in [0.25, 0.3) is 0 Å². The van der Waals surface area contributed by atoms with Crippen molar-refractivity contribution in [3.05, 3.63) is 66.2 Å². The summed E-state index contributed by atoms with van der Waals surface area (Å²) in [5.41, 5.74) is 1.27. The Morgan fingerprint density at radius 2 is 1.47 bits per heavy atom. The zero-order valence-corrected chi connectivity index (χ0v) is 22.5. The molecule has 2 heterocycles. The maximum atomic E-state index is 13.5. The van der Waals surface area contributed by atoms with Gasteiger partial charge in [-0.25, -0.2) is 9.59 Å². The lowest BCUT2D eigenvalue weighted by molar-refractivity contribution is -0.124. The van der Waals surface area contributed by atoms with Crippen LogP contribution in [0.2, 0.25) is 0 Å². The van der Waals surface area contributed by atoms with Crippen molar-refractivity contribution >= 4 is 23.8 Å². The van der Waals surface area contributed by atoms with Crippen LogP contribution in [0.1, 0.15) is 39.2 Å². The first-order valence-electron chi connectivity index (χ1n) is 13.3. The molecule has 1 N–H and O–H groups in total. The molecule has 0 aliphatic carbocycles. The Morgan fingerprint density at radius 1 is 0.842 bits per heavy atom. The minimum absolute atomic E-state index is 0.0600. The summed E-state index contributed by atoms with van der Waals surface area (Å²) in [7, 11) is 0. The Balaban J connectivity index is 1.34. The number of rotatable bonds is 5. The summed E-state index contributed by atoms with van der Waals surface area (Å²) in [6.07, 6.45) is 0.527. The Hall–Kier alpha value is -3.75. The number of piperidine rings is 1. The van der Waals surface area contributed by atoms with Crippen LogP contribution < -0.4 is 10.2 Å². The third-order valence-corrected chi connectivity index (χ3v) is 6.73. The number of anilines is 1. The van der Waals surface area contributed by atoms with E-state index in [9.17, 15) is 14.4 Å². The monoisotopic (exact) mass is 522 g/mol. The van der Waals surface area contributed by atoms with Crippen LogP contribution in [0.4, 0.5) is 15.3 Å². The fraction of sp³-hybridized carbons (Fsp3) is 0.483. The lowest BCUT2D eigenvalue weighted by Crippen LogP contribution is -2.62. The van der Waals surface area contributed by atoms with Gasteiger partial charge >= 0.3 is 12.2 Å². The lowest BCUT2D eigenvalue weighted by Gasteiger charge is -2.42. The third kappa shape index (κ3) is 7.40. The van der Waals surface area contributed by atoms with Gasteiger partial charge in [-0.1, -0.05) is 48.5 Å². The molecule has 4 rings (SSSR count). The SMILES string of the molecule is CC(C)(C)OC(=O)N1CCN(c2ccccc2)[C@H](C(=O)NC2CCN(C(=O)OCc3ccccc3)CC2)C1. The first kappa shape index (κ1) is 27.3. The number of benzene rings is 2. The van der Waals surface area contributed by atoms with E-state index in [4.69, 9.17) is 9.47 Å². The second kappa shape index (κ2) is 12.2. The van der Waals surface area contributed by atoms with E-state index in [1.807, 2.05) is 86.3 Å². The predicted octanol–water partition coefficient (Wildman–Crippen LogP) is 4.03. The molecule has 0 spiro atoms. The molecule has 0 bridgehead atoms. The van der Waals surface area contributed by atoms with Crippen LogP contribution in [0, 0.1) is 0 Å². The van der Waals surface area contributed by atoms with Gasteiger partial charge in [-0.05, 0) is 51.3 Å². The number of carbonyl (C=O) groups excluding carboxylic acids is 3. The summed E-state index contributed by atoms with van der Waals surface area (Å²) in [5.74, 6) is -0.132. The Bertz CT molecular complexity index is 1080. The molecular weight excluding hydrogens is 484 g/mol. The van der Waals surface area contributed by atoms with E-state index in [1.54, 1.807) is 9.80 Å². The number of nitrogens with one attached hydrogen (secondary N) is 1. The van der Waals surface area contributed by atoms with E-state index in [2.05, 4.69) is 5.32 Å². The van der Waals surface area contributed by atoms with Gasteiger partial charge in [0.1, 0.15) is 18.2 Å². The molecule has 204 valence electrons. The van der Waals surface area contributed by atoms with Crippen LogP contribution in [0.5, 0.6) is 0 Å². The number of nitrogens with zero attached hydrogens (tertiary/aromatic N) is 3. The second-order valence-corrected chi connectivity index (χ2v) is 10.8. The molecular formula is C29H38N4O5. The summed E-state index contributed by atoms with van der Waals surface area (Å²) in [6.45, 7) is 7.98. The smallest absolute Gasteiger partial charge is 0.410 e. The standard InChI is InChI=1S/C29H38N4O5/c1-29(2,3)38-28(36)32-18-19-33(24-12-8-5-9-13-24)25(20-32)26(34)30-23-14-16-31(17-15-23)27(35)37-21-22-10-6-4-7-11-22/h4-13,23,25H,14-21H2,1-3H3,(H,30,34)/t25-/m0/s1. The highest BCUT2D eigenvalue weighted by molar-refractivity contribution is 5.87. The lowest BCUT2D eigenvalue weighted by atomic mass is 10.0. The first-order valence-corrected chi connectivity index (χ1v) is 13.3. The van der Waals surface area contributed by atoms with Gasteiger partial charge in [-0.15, -0.1) is 0 Å². The molecule has 38 heavy (non-hydrogen) atoms. The average molecular weight is 523 g/mol. The van der Waals surface area contributed by atoms with Gasteiger partial charge in [-0.3, -0.25) is 4.79 Å². The molecule has 9 heteroatoms. The first-order chi connectivity index (χ1) is 18.2. The summed E-state index contributed by atoms with van der Waals surface area (Å²) in [5, 5.41) is 3.18. The van der Waals surface area contributed by atoms with E-state index in [1.165, 1.54) is 0 Å². The Kier molecular flexibility index (Phi) is 8.76. The molecule has 2 aromatic rings. The number of likely N-dealkylation sites (tertiary alicyclic amines) is 1. The Labute approximate surface area is 224 Å². The van der Waals surface area contributed by atoms with Crippen molar-refractivity contribution in [2.45, 2.75) is 57.9 Å². The molecule has 3 amide bonds. The highest BCUT2D eigenvalue weighted by Gasteiger charge is 2.37.